The van der Waals surface area contributed by atoms with E-state index in [1.807, 2.05) is 50.2 Å². The maximum absolute atomic E-state index is 9.08. The number of hydrogen-bond acceptors (Lipinski definition) is 3. The highest BCUT2D eigenvalue weighted by Crippen LogP contribution is 2.33. The highest BCUT2D eigenvalue weighted by Gasteiger charge is 2.15. The van der Waals surface area contributed by atoms with E-state index in [4.69, 9.17) is 15.7 Å². The molecule has 19 heavy (non-hydrogen) atoms. The lowest BCUT2D eigenvalue weighted by Gasteiger charge is -2.18. The van der Waals surface area contributed by atoms with Gasteiger partial charge in [-0.1, -0.05) is 43.3 Å². The summed E-state index contributed by atoms with van der Waals surface area (Å²) in [4.78, 5) is 0. The molecule has 3 nitrogen and oxygen atoms in total. The number of fused-ring (bicyclic) bond motifs is 1. The fourth-order valence-electron chi connectivity index (χ4n) is 2.09. The van der Waals surface area contributed by atoms with Crippen molar-refractivity contribution in [3.8, 4) is 11.8 Å². The summed E-state index contributed by atoms with van der Waals surface area (Å²) < 4.78 is 5.88. The first-order valence-electron chi connectivity index (χ1n) is 6.50. The zero-order chi connectivity index (χ0) is 13.8. The molecule has 0 fully saturated rings. The number of ether oxygens (including phenoxy) is 1. The van der Waals surface area contributed by atoms with E-state index >= 15 is 0 Å². The Morgan fingerprint density at radius 1 is 1.26 bits per heavy atom. The molecule has 98 valence electrons. The van der Waals surface area contributed by atoms with Gasteiger partial charge in [0.2, 0.25) is 0 Å². The average molecular weight is 254 g/mol. The van der Waals surface area contributed by atoms with Crippen LogP contribution in [0.15, 0.2) is 36.4 Å². The van der Waals surface area contributed by atoms with Crippen molar-refractivity contribution in [3.63, 3.8) is 0 Å². The van der Waals surface area contributed by atoms with Gasteiger partial charge in [0, 0.05) is 17.0 Å². The second-order valence-corrected chi connectivity index (χ2v) is 4.64. The van der Waals surface area contributed by atoms with Crippen LogP contribution in [-0.4, -0.2) is 6.10 Å². The molecule has 0 radical (unpaired) electrons. The first-order chi connectivity index (χ1) is 9.17. The van der Waals surface area contributed by atoms with Crippen LogP contribution in [0, 0.1) is 11.3 Å². The smallest absolute Gasteiger partial charge is 0.184 e. The van der Waals surface area contributed by atoms with Gasteiger partial charge in [0.1, 0.15) is 11.8 Å². The highest BCUT2D eigenvalue weighted by atomic mass is 16.5. The Kier molecular flexibility index (Phi) is 4.03. The van der Waals surface area contributed by atoms with Gasteiger partial charge in [-0.2, -0.15) is 5.26 Å². The molecule has 2 atom stereocenters. The Balaban J connectivity index is 2.59. The number of rotatable bonds is 4. The molecule has 0 spiro atoms. The molecule has 2 aromatic carbocycles. The van der Waals surface area contributed by atoms with Crippen molar-refractivity contribution in [2.75, 3.05) is 0 Å². The van der Waals surface area contributed by atoms with E-state index in [1.54, 1.807) is 0 Å². The second kappa shape index (κ2) is 5.73. The third-order valence-corrected chi connectivity index (χ3v) is 3.18. The first-order valence-corrected chi connectivity index (χ1v) is 6.50. The van der Waals surface area contributed by atoms with Gasteiger partial charge in [0.25, 0.3) is 0 Å². The Bertz CT molecular complexity index is 614. The fraction of sp³-hybridized carbons (Fsp3) is 0.312. The molecule has 0 aromatic heterocycles. The van der Waals surface area contributed by atoms with E-state index in [2.05, 4.69) is 6.07 Å². The van der Waals surface area contributed by atoms with Crippen LogP contribution in [0.2, 0.25) is 0 Å². The Morgan fingerprint density at radius 2 is 2.00 bits per heavy atom. The van der Waals surface area contributed by atoms with Crippen LogP contribution >= 0.6 is 0 Å². The fourth-order valence-corrected chi connectivity index (χ4v) is 2.09. The molecule has 0 amide bonds. The molecule has 1 unspecified atom stereocenters. The Hall–Kier alpha value is -2.05. The van der Waals surface area contributed by atoms with Crippen molar-refractivity contribution < 1.29 is 4.74 Å². The normalized spacial score (nSPS) is 13.8. The van der Waals surface area contributed by atoms with Crippen LogP contribution in [0.25, 0.3) is 10.8 Å². The van der Waals surface area contributed by atoms with Crippen LogP contribution < -0.4 is 10.5 Å². The van der Waals surface area contributed by atoms with E-state index in [0.717, 1.165) is 22.1 Å². The number of nitrogens with two attached hydrogens (primary N) is 1. The zero-order valence-electron chi connectivity index (χ0n) is 11.3. The molecule has 0 aliphatic heterocycles. The summed E-state index contributed by atoms with van der Waals surface area (Å²) in [6.07, 6.45) is 0.210. The van der Waals surface area contributed by atoms with Crippen LogP contribution in [0.4, 0.5) is 0 Å². The summed E-state index contributed by atoms with van der Waals surface area (Å²) in [7, 11) is 0. The Morgan fingerprint density at radius 3 is 2.63 bits per heavy atom. The molecule has 0 heterocycles. The molecule has 3 heteroatoms. The minimum absolute atomic E-state index is 0.129. The molecule has 2 N–H and O–H groups in total. The van der Waals surface area contributed by atoms with E-state index in [9.17, 15) is 0 Å². The van der Waals surface area contributed by atoms with Gasteiger partial charge in [0.05, 0.1) is 0 Å². The lowest BCUT2D eigenvalue weighted by atomic mass is 10.0. The van der Waals surface area contributed by atoms with Gasteiger partial charge >= 0.3 is 0 Å². The number of benzene rings is 2. The minimum atomic E-state index is -0.441. The first kappa shape index (κ1) is 13.4. The maximum Gasteiger partial charge on any atom is 0.184 e. The lowest BCUT2D eigenvalue weighted by Crippen LogP contribution is -2.16. The van der Waals surface area contributed by atoms with Crippen LogP contribution in [0.5, 0.6) is 5.75 Å². The maximum atomic E-state index is 9.08. The summed E-state index contributed by atoms with van der Waals surface area (Å²) in [6.45, 7) is 3.86. The van der Waals surface area contributed by atoms with Gasteiger partial charge in [-0.15, -0.1) is 0 Å². The average Bonchev–Trinajstić information content (AvgIpc) is 2.44. The predicted octanol–water partition coefficient (Wildman–Crippen LogP) is 3.54. The van der Waals surface area contributed by atoms with Crippen LogP contribution in [0.3, 0.4) is 0 Å². The molecule has 0 bridgehead atoms. The molecule has 0 aliphatic rings. The second-order valence-electron chi connectivity index (χ2n) is 4.64. The van der Waals surface area contributed by atoms with Gasteiger partial charge in [-0.05, 0) is 18.7 Å². The number of nitriles is 1. The third-order valence-electron chi connectivity index (χ3n) is 3.18. The molecule has 2 rings (SSSR count). The van der Waals surface area contributed by atoms with Crippen molar-refractivity contribution >= 4 is 10.8 Å². The van der Waals surface area contributed by atoms with Gasteiger partial charge in [-0.25, -0.2) is 0 Å². The largest absolute Gasteiger partial charge is 0.475 e. The van der Waals surface area contributed by atoms with Crippen molar-refractivity contribution in [1.29, 1.82) is 5.26 Å². The van der Waals surface area contributed by atoms with Gasteiger partial charge in [0.15, 0.2) is 6.10 Å². The Labute approximate surface area is 113 Å². The number of hydrogen-bond donors (Lipinski definition) is 1. The van der Waals surface area contributed by atoms with E-state index < -0.39 is 6.10 Å². The predicted molar refractivity (Wildman–Crippen MR) is 76.9 cm³/mol. The van der Waals surface area contributed by atoms with Crippen molar-refractivity contribution in [3.05, 3.63) is 42.0 Å². The highest BCUT2D eigenvalue weighted by molar-refractivity contribution is 5.89. The van der Waals surface area contributed by atoms with Crippen molar-refractivity contribution in [2.45, 2.75) is 32.4 Å². The van der Waals surface area contributed by atoms with Gasteiger partial charge < -0.3 is 10.5 Å². The summed E-state index contributed by atoms with van der Waals surface area (Å²) in [5.41, 5.74) is 6.94. The van der Waals surface area contributed by atoms with E-state index in [1.165, 1.54) is 0 Å². The van der Waals surface area contributed by atoms with E-state index in [0.29, 0.717) is 6.42 Å². The zero-order valence-corrected chi connectivity index (χ0v) is 11.3. The van der Waals surface area contributed by atoms with Crippen molar-refractivity contribution in [1.82, 2.24) is 0 Å². The standard InChI is InChI=1S/C16H18N2O/c1-3-13(10-17)19-16-14(11(2)18)9-8-12-6-4-5-7-15(12)16/h4-9,11,13H,3,18H2,1-2H3/t11-,13?/m0/s1. The third kappa shape index (κ3) is 2.69. The molecule has 0 saturated heterocycles. The van der Waals surface area contributed by atoms with Crippen molar-refractivity contribution in [2.24, 2.45) is 5.73 Å². The molecular weight excluding hydrogens is 236 g/mol. The van der Waals surface area contributed by atoms with Gasteiger partial charge in [-0.3, -0.25) is 0 Å². The number of nitrogens with zero attached hydrogens (tertiary/aromatic N) is 1. The SMILES string of the molecule is CCC(C#N)Oc1c([C@H](C)N)ccc2ccccc12. The molecule has 2 aromatic rings. The summed E-state index contributed by atoms with van der Waals surface area (Å²) in [6, 6.07) is 14.0. The summed E-state index contributed by atoms with van der Waals surface area (Å²) in [5, 5.41) is 11.2. The molecule has 0 aliphatic carbocycles. The lowest BCUT2D eigenvalue weighted by molar-refractivity contribution is 0.251. The van der Waals surface area contributed by atoms with Crippen LogP contribution in [0.1, 0.15) is 31.9 Å². The quantitative estimate of drug-likeness (QED) is 0.907. The topological polar surface area (TPSA) is 59.0 Å². The molecular formula is C16H18N2O. The minimum Gasteiger partial charge on any atom is -0.475 e. The monoisotopic (exact) mass is 254 g/mol. The van der Waals surface area contributed by atoms with Crippen LogP contribution in [-0.2, 0) is 0 Å². The summed E-state index contributed by atoms with van der Waals surface area (Å²) >= 11 is 0. The van der Waals surface area contributed by atoms with E-state index in [-0.39, 0.29) is 6.04 Å². The summed E-state index contributed by atoms with van der Waals surface area (Å²) in [5.74, 6) is 0.738. The molecule has 0 saturated carbocycles.